The van der Waals surface area contributed by atoms with Crippen molar-refractivity contribution in [2.24, 2.45) is 5.41 Å². The lowest BCUT2D eigenvalue weighted by molar-refractivity contribution is -0.384. The van der Waals surface area contributed by atoms with Crippen molar-refractivity contribution in [1.82, 2.24) is 0 Å². The predicted octanol–water partition coefficient (Wildman–Crippen LogP) is 4.31. The van der Waals surface area contributed by atoms with Crippen molar-refractivity contribution in [2.45, 2.75) is 25.3 Å². The van der Waals surface area contributed by atoms with Gasteiger partial charge in [-0.15, -0.1) is 0 Å². The van der Waals surface area contributed by atoms with E-state index in [4.69, 9.17) is 0 Å². The third-order valence-electron chi connectivity index (χ3n) is 7.46. The molecule has 1 atom stereocenters. The molecule has 180 valence electrons. The molecule has 9 nitrogen and oxygen atoms in total. The Morgan fingerprint density at radius 2 is 1.42 bits per heavy atom. The normalized spacial score (nSPS) is 20.5. The zero-order chi connectivity index (χ0) is 25.0. The maximum absolute atomic E-state index is 14.4. The van der Waals surface area contributed by atoms with Crippen molar-refractivity contribution in [3.05, 3.63) is 94.5 Å². The fourth-order valence-corrected chi connectivity index (χ4v) is 5.90. The summed E-state index contributed by atoms with van der Waals surface area (Å²) >= 11 is 0. The van der Waals surface area contributed by atoms with E-state index in [2.05, 4.69) is 0 Å². The van der Waals surface area contributed by atoms with Crippen LogP contribution in [0.2, 0.25) is 0 Å². The van der Waals surface area contributed by atoms with Crippen molar-refractivity contribution in [3.63, 3.8) is 0 Å². The Hall–Kier alpha value is -4.53. The van der Waals surface area contributed by atoms with Crippen molar-refractivity contribution < 1.29 is 19.3 Å². The van der Waals surface area contributed by atoms with Gasteiger partial charge in [0.05, 0.1) is 22.3 Å². The summed E-state index contributed by atoms with van der Waals surface area (Å²) in [4.78, 5) is 57.7. The smallest absolute Gasteiger partial charge is 0.342 e. The number of rotatable bonds is 3. The number of amides is 4. The molecule has 3 heterocycles. The summed E-state index contributed by atoms with van der Waals surface area (Å²) in [5.41, 5.74) is 0.374. The molecular weight excluding hydrogens is 460 g/mol. The van der Waals surface area contributed by atoms with Gasteiger partial charge in [-0.1, -0.05) is 36.4 Å². The van der Waals surface area contributed by atoms with Gasteiger partial charge in [0, 0.05) is 30.8 Å². The summed E-state index contributed by atoms with van der Waals surface area (Å²) < 4.78 is 0. The minimum absolute atomic E-state index is 0.0250. The van der Waals surface area contributed by atoms with Crippen molar-refractivity contribution in [3.8, 4) is 0 Å². The van der Waals surface area contributed by atoms with Gasteiger partial charge in [-0.2, -0.15) is 0 Å². The number of nitro benzene ring substituents is 1. The molecule has 0 unspecified atom stereocenters. The molecule has 6 rings (SSSR count). The first-order valence-corrected chi connectivity index (χ1v) is 11.8. The Balaban J connectivity index is 1.58. The Labute approximate surface area is 206 Å². The summed E-state index contributed by atoms with van der Waals surface area (Å²) in [7, 11) is 0. The number of anilines is 3. The van der Waals surface area contributed by atoms with Crippen LogP contribution in [0.1, 0.15) is 18.4 Å². The van der Waals surface area contributed by atoms with Gasteiger partial charge in [0.25, 0.3) is 17.5 Å². The molecule has 9 heteroatoms. The molecule has 0 aromatic heterocycles. The van der Waals surface area contributed by atoms with E-state index >= 15 is 0 Å². The standard InChI is InChI=1S/C27H22N4O5/c32-24-27(17-18-16-21(31(35)36)13-14-22(18)28-15-7-12-23(27)28)25(33)30(20-10-5-2-6-11-20)26(34)29(24)19-8-3-1-4-9-19/h1-6,8-11,13-14,16,23H,7,12,15,17H2/t23-/m0/s1. The number of para-hydroxylation sites is 2. The Bertz CT molecular complexity index is 1350. The van der Waals surface area contributed by atoms with Gasteiger partial charge >= 0.3 is 6.03 Å². The van der Waals surface area contributed by atoms with Gasteiger partial charge in [-0.3, -0.25) is 19.7 Å². The van der Waals surface area contributed by atoms with Crippen LogP contribution < -0.4 is 14.7 Å². The highest BCUT2D eigenvalue weighted by atomic mass is 16.6. The van der Waals surface area contributed by atoms with E-state index in [0.29, 0.717) is 29.9 Å². The first-order chi connectivity index (χ1) is 17.4. The number of nitro groups is 1. The van der Waals surface area contributed by atoms with Crippen molar-refractivity contribution in [1.29, 1.82) is 0 Å². The molecule has 1 spiro atoms. The molecule has 3 aliphatic heterocycles. The fraction of sp³-hybridized carbons (Fsp3) is 0.222. The number of nitrogens with zero attached hydrogens (tertiary/aromatic N) is 4. The van der Waals surface area contributed by atoms with Gasteiger partial charge in [0.1, 0.15) is 0 Å². The predicted molar refractivity (Wildman–Crippen MR) is 133 cm³/mol. The number of fused-ring (bicyclic) bond motifs is 4. The SMILES string of the molecule is O=C1N(c2ccccc2)C(=O)C2(Cc3cc([N+](=O)[O-])ccc3N3CCC[C@H]32)C(=O)N1c1ccccc1. The van der Waals surface area contributed by atoms with Crippen LogP contribution in [0.3, 0.4) is 0 Å². The summed E-state index contributed by atoms with van der Waals surface area (Å²) in [5, 5.41) is 11.5. The molecule has 4 amide bonds. The summed E-state index contributed by atoms with van der Waals surface area (Å²) in [6.07, 6.45) is 1.32. The largest absolute Gasteiger partial charge is 0.367 e. The zero-order valence-electron chi connectivity index (χ0n) is 19.2. The molecule has 0 bridgehead atoms. The lowest BCUT2D eigenvalue weighted by Crippen LogP contribution is -2.72. The Morgan fingerprint density at radius 1 is 0.833 bits per heavy atom. The van der Waals surface area contributed by atoms with Crippen LogP contribution in [0, 0.1) is 15.5 Å². The molecule has 3 aliphatic rings. The molecule has 0 radical (unpaired) electrons. The maximum Gasteiger partial charge on any atom is 0.342 e. The second-order valence-electron chi connectivity index (χ2n) is 9.30. The molecule has 2 fully saturated rings. The quantitative estimate of drug-likeness (QED) is 0.313. The van der Waals surface area contributed by atoms with Crippen LogP contribution in [0.25, 0.3) is 0 Å². The Morgan fingerprint density at radius 3 is 1.97 bits per heavy atom. The van der Waals surface area contributed by atoms with Gasteiger partial charge in [0.15, 0.2) is 5.41 Å². The second-order valence-corrected chi connectivity index (χ2v) is 9.30. The number of carbonyl (C=O) groups excluding carboxylic acids is 3. The number of barbiturate groups is 1. The fourth-order valence-electron chi connectivity index (χ4n) is 5.90. The second kappa shape index (κ2) is 8.01. The number of carbonyl (C=O) groups is 3. The van der Waals surface area contributed by atoms with E-state index in [1.165, 1.54) is 12.1 Å². The number of urea groups is 1. The molecular formula is C27H22N4O5. The molecule has 3 aromatic carbocycles. The topological polar surface area (TPSA) is 104 Å². The van der Waals surface area contributed by atoms with E-state index < -0.39 is 34.2 Å². The number of hydrogen-bond donors (Lipinski definition) is 0. The summed E-state index contributed by atoms with van der Waals surface area (Å²) in [5.74, 6) is -1.19. The third kappa shape index (κ3) is 2.98. The van der Waals surface area contributed by atoms with Crippen LogP contribution in [-0.2, 0) is 16.0 Å². The van der Waals surface area contributed by atoms with Crippen LogP contribution in [0.5, 0.6) is 0 Å². The third-order valence-corrected chi connectivity index (χ3v) is 7.46. The minimum Gasteiger partial charge on any atom is -0.367 e. The van der Waals surface area contributed by atoms with Gasteiger partial charge in [0.2, 0.25) is 0 Å². The molecule has 36 heavy (non-hydrogen) atoms. The average molecular weight is 482 g/mol. The average Bonchev–Trinajstić information content (AvgIpc) is 3.39. The van der Waals surface area contributed by atoms with E-state index in [9.17, 15) is 24.5 Å². The number of imide groups is 2. The van der Waals surface area contributed by atoms with Gasteiger partial charge < -0.3 is 4.90 Å². The highest BCUT2D eigenvalue weighted by molar-refractivity contribution is 6.39. The molecule has 2 saturated heterocycles. The highest BCUT2D eigenvalue weighted by Crippen LogP contribution is 2.51. The van der Waals surface area contributed by atoms with Crippen LogP contribution in [0.15, 0.2) is 78.9 Å². The number of hydrogen-bond acceptors (Lipinski definition) is 6. The summed E-state index contributed by atoms with van der Waals surface area (Å²) in [6.45, 7) is 0.614. The number of non-ortho nitro benzene ring substituents is 1. The molecule has 0 N–H and O–H groups in total. The van der Waals surface area contributed by atoms with Crippen LogP contribution in [0.4, 0.5) is 27.5 Å². The van der Waals surface area contributed by atoms with Gasteiger partial charge in [-0.05, 0) is 48.7 Å². The highest BCUT2D eigenvalue weighted by Gasteiger charge is 2.65. The van der Waals surface area contributed by atoms with E-state index in [1.807, 2.05) is 4.90 Å². The first-order valence-electron chi connectivity index (χ1n) is 11.8. The molecule has 0 saturated carbocycles. The number of benzene rings is 3. The van der Waals surface area contributed by atoms with Crippen molar-refractivity contribution in [2.75, 3.05) is 21.2 Å². The van der Waals surface area contributed by atoms with E-state index in [0.717, 1.165) is 21.9 Å². The van der Waals surface area contributed by atoms with E-state index in [1.54, 1.807) is 66.7 Å². The Kier molecular flexibility index (Phi) is 4.89. The van der Waals surface area contributed by atoms with Gasteiger partial charge in [-0.25, -0.2) is 14.6 Å². The molecule has 0 aliphatic carbocycles. The monoisotopic (exact) mass is 482 g/mol. The van der Waals surface area contributed by atoms with Crippen molar-refractivity contribution >= 4 is 40.6 Å². The van der Waals surface area contributed by atoms with Crippen LogP contribution >= 0.6 is 0 Å². The lowest BCUT2D eigenvalue weighted by atomic mass is 9.68. The lowest BCUT2D eigenvalue weighted by Gasteiger charge is -2.51. The maximum atomic E-state index is 14.4. The minimum atomic E-state index is -1.61. The molecule has 3 aromatic rings. The first kappa shape index (κ1) is 22.0. The van der Waals surface area contributed by atoms with E-state index in [-0.39, 0.29) is 12.1 Å². The van der Waals surface area contributed by atoms with Crippen LogP contribution in [-0.4, -0.2) is 35.4 Å². The summed E-state index contributed by atoms with van der Waals surface area (Å²) in [6, 6.07) is 20.5. The zero-order valence-corrected chi connectivity index (χ0v) is 19.2.